The van der Waals surface area contributed by atoms with E-state index in [1.807, 2.05) is 18.2 Å². The number of aromatic nitrogens is 3. The van der Waals surface area contributed by atoms with Gasteiger partial charge in [-0.25, -0.2) is 0 Å². The maximum absolute atomic E-state index is 12.6. The number of benzene rings is 2. The van der Waals surface area contributed by atoms with Crippen LogP contribution in [0.5, 0.6) is 0 Å². The number of hydrogen-bond donors (Lipinski definition) is 2. The monoisotopic (exact) mass is 395 g/mol. The summed E-state index contributed by atoms with van der Waals surface area (Å²) in [5.74, 6) is 1.57. The molecule has 0 bridgehead atoms. The van der Waals surface area contributed by atoms with E-state index in [4.69, 9.17) is 17.3 Å². The third kappa shape index (κ3) is 3.79. The van der Waals surface area contributed by atoms with Crippen molar-refractivity contribution < 1.29 is 4.79 Å². The summed E-state index contributed by atoms with van der Waals surface area (Å²) in [6.45, 7) is 1.34. The quantitative estimate of drug-likeness (QED) is 0.698. The Labute approximate surface area is 168 Å². The van der Waals surface area contributed by atoms with Crippen LogP contribution in [0.25, 0.3) is 11.4 Å². The number of amides is 1. The largest absolute Gasteiger partial charge is 0.326 e. The third-order valence-corrected chi connectivity index (χ3v) is 5.36. The van der Waals surface area contributed by atoms with Crippen LogP contribution in [-0.4, -0.2) is 20.7 Å². The molecule has 1 amide bonds. The van der Waals surface area contributed by atoms with Crippen molar-refractivity contribution in [2.24, 2.45) is 5.73 Å². The molecule has 7 heteroatoms. The zero-order chi connectivity index (χ0) is 19.5. The average Bonchev–Trinajstić information content (AvgIpc) is 2.97. The molecule has 3 N–H and O–H groups in total. The second-order valence-corrected chi connectivity index (χ2v) is 7.36. The minimum atomic E-state index is -0.183. The molecule has 1 aliphatic rings. The zero-order valence-corrected chi connectivity index (χ0v) is 16.2. The molecule has 4 rings (SSSR count). The van der Waals surface area contributed by atoms with Crippen molar-refractivity contribution in [2.45, 2.75) is 38.8 Å². The number of carbonyl (C=O) groups excluding carboxylic acids is 1. The molecule has 0 saturated carbocycles. The molecule has 0 atom stereocenters. The van der Waals surface area contributed by atoms with Gasteiger partial charge in [0.25, 0.3) is 5.91 Å². The van der Waals surface area contributed by atoms with Crippen molar-refractivity contribution in [2.75, 3.05) is 5.32 Å². The van der Waals surface area contributed by atoms with Crippen LogP contribution in [0.15, 0.2) is 42.5 Å². The molecule has 3 aromatic rings. The number of aryl methyl sites for hydroxylation is 1. The maximum atomic E-state index is 12.6. The highest BCUT2D eigenvalue weighted by atomic mass is 35.5. The van der Waals surface area contributed by atoms with E-state index in [-0.39, 0.29) is 5.91 Å². The standard InChI is InChI=1S/C21H22ClN5O/c22-18-10-9-16(24-21(28)15-7-5-14(13-23)6-8-15)12-17(18)20-26-25-19-4-2-1-3-11-27(19)20/h5-10,12H,1-4,11,13,23H2,(H,24,28). The molecule has 0 radical (unpaired) electrons. The van der Waals surface area contributed by atoms with Gasteiger partial charge in [0.05, 0.1) is 5.02 Å². The van der Waals surface area contributed by atoms with Gasteiger partial charge in [-0.3, -0.25) is 4.79 Å². The van der Waals surface area contributed by atoms with E-state index in [1.165, 1.54) is 6.42 Å². The number of fused-ring (bicyclic) bond motifs is 1. The van der Waals surface area contributed by atoms with Crippen molar-refractivity contribution in [1.82, 2.24) is 14.8 Å². The Morgan fingerprint density at radius 2 is 1.93 bits per heavy atom. The lowest BCUT2D eigenvalue weighted by Gasteiger charge is -2.11. The molecule has 1 aliphatic heterocycles. The highest BCUT2D eigenvalue weighted by molar-refractivity contribution is 6.33. The molecule has 2 aromatic carbocycles. The van der Waals surface area contributed by atoms with E-state index >= 15 is 0 Å². The number of nitrogens with one attached hydrogen (secondary N) is 1. The Morgan fingerprint density at radius 3 is 2.71 bits per heavy atom. The predicted octanol–water partition coefficient (Wildman–Crippen LogP) is 4.04. The van der Waals surface area contributed by atoms with Crippen LogP contribution < -0.4 is 11.1 Å². The number of nitrogens with two attached hydrogens (primary N) is 1. The van der Waals surface area contributed by atoms with Gasteiger partial charge in [0.1, 0.15) is 5.82 Å². The van der Waals surface area contributed by atoms with Crippen LogP contribution >= 0.6 is 11.6 Å². The molecule has 0 unspecified atom stereocenters. The topological polar surface area (TPSA) is 85.8 Å². The molecule has 144 valence electrons. The Kier molecular flexibility index (Phi) is 5.41. The zero-order valence-electron chi connectivity index (χ0n) is 15.5. The Hall–Kier alpha value is -2.70. The van der Waals surface area contributed by atoms with E-state index in [0.29, 0.717) is 22.8 Å². The van der Waals surface area contributed by atoms with Crippen LogP contribution in [0.2, 0.25) is 5.02 Å². The summed E-state index contributed by atoms with van der Waals surface area (Å²) in [4.78, 5) is 12.6. The summed E-state index contributed by atoms with van der Waals surface area (Å²) in [7, 11) is 0. The first-order chi connectivity index (χ1) is 13.7. The summed E-state index contributed by atoms with van der Waals surface area (Å²) in [6, 6.07) is 12.7. The van der Waals surface area contributed by atoms with Gasteiger partial charge in [-0.2, -0.15) is 0 Å². The third-order valence-electron chi connectivity index (χ3n) is 5.03. The number of carbonyl (C=O) groups is 1. The van der Waals surface area contributed by atoms with E-state index in [0.717, 1.165) is 48.6 Å². The van der Waals surface area contributed by atoms with Gasteiger partial charge in [-0.05, 0) is 48.7 Å². The fourth-order valence-electron chi connectivity index (χ4n) is 3.45. The van der Waals surface area contributed by atoms with Crippen LogP contribution in [0.3, 0.4) is 0 Å². The number of halogens is 1. The number of anilines is 1. The van der Waals surface area contributed by atoms with Gasteiger partial charge in [0, 0.05) is 36.3 Å². The van der Waals surface area contributed by atoms with E-state index in [9.17, 15) is 4.79 Å². The average molecular weight is 396 g/mol. The van der Waals surface area contributed by atoms with Gasteiger partial charge in [0.15, 0.2) is 5.82 Å². The molecular formula is C21H22ClN5O. The lowest BCUT2D eigenvalue weighted by molar-refractivity contribution is 0.102. The molecule has 2 heterocycles. The highest BCUT2D eigenvalue weighted by Gasteiger charge is 2.18. The van der Waals surface area contributed by atoms with Crippen molar-refractivity contribution in [3.63, 3.8) is 0 Å². The van der Waals surface area contributed by atoms with Crippen LogP contribution in [0.4, 0.5) is 5.69 Å². The Bertz CT molecular complexity index is 997. The summed E-state index contributed by atoms with van der Waals surface area (Å²) in [5, 5.41) is 12.2. The number of hydrogen-bond acceptors (Lipinski definition) is 4. The molecule has 0 fully saturated rings. The second-order valence-electron chi connectivity index (χ2n) is 6.95. The van der Waals surface area contributed by atoms with Gasteiger partial charge in [0.2, 0.25) is 0 Å². The molecule has 0 saturated heterocycles. The van der Waals surface area contributed by atoms with Crippen LogP contribution in [0, 0.1) is 0 Å². The fraction of sp³-hybridized carbons (Fsp3) is 0.286. The fourth-order valence-corrected chi connectivity index (χ4v) is 3.66. The van der Waals surface area contributed by atoms with E-state index in [2.05, 4.69) is 20.1 Å². The number of rotatable bonds is 4. The molecule has 1 aromatic heterocycles. The summed E-state index contributed by atoms with van der Waals surface area (Å²) < 4.78 is 2.14. The Morgan fingerprint density at radius 1 is 1.11 bits per heavy atom. The lowest BCUT2D eigenvalue weighted by Crippen LogP contribution is -2.12. The molecule has 6 nitrogen and oxygen atoms in total. The predicted molar refractivity (Wildman–Crippen MR) is 110 cm³/mol. The van der Waals surface area contributed by atoms with E-state index in [1.54, 1.807) is 24.3 Å². The number of nitrogens with zero attached hydrogens (tertiary/aromatic N) is 3. The molecule has 0 aliphatic carbocycles. The first-order valence-corrected chi connectivity index (χ1v) is 9.86. The minimum Gasteiger partial charge on any atom is -0.326 e. The summed E-state index contributed by atoms with van der Waals surface area (Å²) in [5.41, 5.74) is 8.61. The molecule has 0 spiro atoms. The van der Waals surface area contributed by atoms with E-state index < -0.39 is 0 Å². The first-order valence-electron chi connectivity index (χ1n) is 9.48. The molecule has 28 heavy (non-hydrogen) atoms. The summed E-state index contributed by atoms with van der Waals surface area (Å²) >= 11 is 6.45. The van der Waals surface area contributed by atoms with Crippen molar-refractivity contribution in [3.8, 4) is 11.4 Å². The first kappa shape index (κ1) is 18.7. The molecular weight excluding hydrogens is 374 g/mol. The van der Waals surface area contributed by atoms with Crippen molar-refractivity contribution in [3.05, 3.63) is 64.4 Å². The normalized spacial score (nSPS) is 13.6. The highest BCUT2D eigenvalue weighted by Crippen LogP contribution is 2.31. The smallest absolute Gasteiger partial charge is 0.255 e. The van der Waals surface area contributed by atoms with Gasteiger partial charge in [-0.15, -0.1) is 10.2 Å². The van der Waals surface area contributed by atoms with Gasteiger partial charge < -0.3 is 15.6 Å². The van der Waals surface area contributed by atoms with Gasteiger partial charge >= 0.3 is 0 Å². The van der Waals surface area contributed by atoms with Gasteiger partial charge in [-0.1, -0.05) is 30.2 Å². The van der Waals surface area contributed by atoms with Crippen molar-refractivity contribution in [1.29, 1.82) is 0 Å². The van der Waals surface area contributed by atoms with Crippen molar-refractivity contribution >= 4 is 23.2 Å². The second kappa shape index (κ2) is 8.12. The minimum absolute atomic E-state index is 0.183. The Balaban J connectivity index is 1.61. The van der Waals surface area contributed by atoms with Crippen LogP contribution in [-0.2, 0) is 19.5 Å². The SMILES string of the molecule is NCc1ccc(C(=O)Nc2ccc(Cl)c(-c3nnc4n3CCCCC4)c2)cc1. The summed E-state index contributed by atoms with van der Waals surface area (Å²) in [6.07, 6.45) is 4.35. The maximum Gasteiger partial charge on any atom is 0.255 e. The van der Waals surface area contributed by atoms with Crippen LogP contribution in [0.1, 0.15) is 41.0 Å². The lowest BCUT2D eigenvalue weighted by atomic mass is 10.1.